The minimum atomic E-state index is 0.0479. The van der Waals surface area contributed by atoms with Crippen LogP contribution < -0.4 is 0 Å². The number of fused-ring (bicyclic) bond motifs is 11. The largest absolute Gasteiger partial charge is 0.490 e. The zero-order valence-corrected chi connectivity index (χ0v) is 29.6. The fourth-order valence-corrected chi connectivity index (χ4v) is 12.5. The molecule has 10 aliphatic rings. The van der Waals surface area contributed by atoms with Crippen LogP contribution in [0.3, 0.4) is 0 Å². The second-order valence-corrected chi connectivity index (χ2v) is 16.6. The van der Waals surface area contributed by atoms with E-state index in [9.17, 15) is 0 Å². The molecule has 10 unspecified atom stereocenters. The van der Waals surface area contributed by atoms with Gasteiger partial charge >= 0.3 is 0 Å². The van der Waals surface area contributed by atoms with Crippen LogP contribution in [0.4, 0.5) is 0 Å². The summed E-state index contributed by atoms with van der Waals surface area (Å²) in [6, 6.07) is 11.8. The lowest BCUT2D eigenvalue weighted by Crippen LogP contribution is -2.51. The van der Waals surface area contributed by atoms with Crippen LogP contribution >= 0.6 is 0 Å². The number of ether oxygens (including phenoxy) is 1. The molecule has 1 aromatic rings. The van der Waals surface area contributed by atoms with Gasteiger partial charge in [-0.3, -0.25) is 0 Å². The Morgan fingerprint density at radius 2 is 1.61 bits per heavy atom. The van der Waals surface area contributed by atoms with E-state index in [0.717, 1.165) is 25.7 Å². The van der Waals surface area contributed by atoms with Crippen LogP contribution in [0.1, 0.15) is 69.3 Å². The van der Waals surface area contributed by atoms with Crippen molar-refractivity contribution in [3.63, 3.8) is 0 Å². The summed E-state index contributed by atoms with van der Waals surface area (Å²) in [7, 11) is 0. The molecular formula is C49H49NO. The summed E-state index contributed by atoms with van der Waals surface area (Å²) in [6.07, 6.45) is 53.0. The molecule has 51 heavy (non-hydrogen) atoms. The molecule has 1 saturated carbocycles. The van der Waals surface area contributed by atoms with E-state index in [0.29, 0.717) is 47.6 Å². The predicted octanol–water partition coefficient (Wildman–Crippen LogP) is 11.1. The molecule has 1 fully saturated rings. The quantitative estimate of drug-likeness (QED) is 0.296. The summed E-state index contributed by atoms with van der Waals surface area (Å²) in [4.78, 5) is 2.91. The van der Waals surface area contributed by atoms with Crippen molar-refractivity contribution in [3.8, 4) is 0 Å². The third kappa shape index (κ3) is 4.41. The molecular weight excluding hydrogens is 619 g/mol. The van der Waals surface area contributed by atoms with Gasteiger partial charge in [0.2, 0.25) is 0 Å². The smallest absolute Gasteiger partial charge is 0.125 e. The van der Waals surface area contributed by atoms with Gasteiger partial charge in [-0.05, 0) is 97.3 Å². The average Bonchev–Trinajstić information content (AvgIpc) is 3.83. The van der Waals surface area contributed by atoms with Gasteiger partial charge < -0.3 is 9.64 Å². The van der Waals surface area contributed by atoms with Crippen LogP contribution in [-0.4, -0.2) is 23.1 Å². The lowest BCUT2D eigenvalue weighted by Gasteiger charge is -2.50. The lowest BCUT2D eigenvalue weighted by molar-refractivity contribution is 0.0668. The summed E-state index contributed by atoms with van der Waals surface area (Å²) in [6.45, 7) is 0. The third-order valence-corrected chi connectivity index (χ3v) is 14.4. The fraction of sp³-hybridized carbons (Fsp3) is 0.388. The molecule has 0 N–H and O–H groups in total. The Bertz CT molecular complexity index is 2020. The van der Waals surface area contributed by atoms with Crippen LogP contribution in [0, 0.1) is 35.0 Å². The SMILES string of the molecule is C1=CC2C3=CCCC=C3C3(C4=C(CCC=C4)C4C=CC(N(C5=CCC(c6ccccc6)C=C5)C5CC=CC6OC7=C(C=CCC7)C65)CC43)C2C=C1. The Morgan fingerprint density at radius 1 is 0.725 bits per heavy atom. The molecule has 11 rings (SSSR count). The third-order valence-electron chi connectivity index (χ3n) is 14.4. The molecule has 2 nitrogen and oxygen atoms in total. The van der Waals surface area contributed by atoms with Crippen molar-refractivity contribution in [1.82, 2.24) is 4.90 Å². The van der Waals surface area contributed by atoms with Gasteiger partial charge in [0.15, 0.2) is 0 Å². The van der Waals surface area contributed by atoms with Gasteiger partial charge in [0, 0.05) is 59.2 Å². The second kappa shape index (κ2) is 11.9. The van der Waals surface area contributed by atoms with Crippen molar-refractivity contribution in [2.45, 2.75) is 81.9 Å². The normalized spacial score (nSPS) is 39.1. The molecule has 256 valence electrons. The van der Waals surface area contributed by atoms with E-state index in [-0.39, 0.29) is 11.5 Å². The van der Waals surface area contributed by atoms with Crippen molar-refractivity contribution in [3.05, 3.63) is 179 Å². The minimum absolute atomic E-state index is 0.0479. The van der Waals surface area contributed by atoms with E-state index in [1.807, 2.05) is 0 Å². The molecule has 0 radical (unpaired) electrons. The summed E-state index contributed by atoms with van der Waals surface area (Å²) in [5.74, 6) is 4.09. The summed E-state index contributed by atoms with van der Waals surface area (Å²) >= 11 is 0. The van der Waals surface area contributed by atoms with Crippen LogP contribution in [0.25, 0.3) is 0 Å². The van der Waals surface area contributed by atoms with Crippen molar-refractivity contribution >= 4 is 0 Å². The van der Waals surface area contributed by atoms with Crippen LogP contribution in [0.5, 0.6) is 0 Å². The highest BCUT2D eigenvalue weighted by molar-refractivity contribution is 5.64. The summed E-state index contributed by atoms with van der Waals surface area (Å²) in [5.41, 5.74) is 11.1. The number of benzene rings is 1. The maximum atomic E-state index is 6.74. The predicted molar refractivity (Wildman–Crippen MR) is 207 cm³/mol. The number of hydrogen-bond acceptors (Lipinski definition) is 2. The van der Waals surface area contributed by atoms with Gasteiger partial charge in [0.25, 0.3) is 0 Å². The molecule has 1 heterocycles. The molecule has 2 heteroatoms. The van der Waals surface area contributed by atoms with Crippen molar-refractivity contribution in [1.29, 1.82) is 0 Å². The van der Waals surface area contributed by atoms with Gasteiger partial charge in [0.1, 0.15) is 11.9 Å². The average molecular weight is 668 g/mol. The van der Waals surface area contributed by atoms with Gasteiger partial charge in [0.05, 0.1) is 0 Å². The Labute approximate surface area is 304 Å². The van der Waals surface area contributed by atoms with Crippen molar-refractivity contribution in [2.24, 2.45) is 35.0 Å². The van der Waals surface area contributed by atoms with Crippen molar-refractivity contribution < 1.29 is 4.74 Å². The Morgan fingerprint density at radius 3 is 2.53 bits per heavy atom. The molecule has 0 bridgehead atoms. The van der Waals surface area contributed by atoms with E-state index >= 15 is 0 Å². The maximum Gasteiger partial charge on any atom is 0.125 e. The Balaban J connectivity index is 1.03. The van der Waals surface area contributed by atoms with E-state index in [2.05, 4.69) is 139 Å². The molecule has 10 atom stereocenters. The number of rotatable bonds is 4. The minimum Gasteiger partial charge on any atom is -0.490 e. The fourth-order valence-electron chi connectivity index (χ4n) is 12.5. The molecule has 1 spiro atoms. The van der Waals surface area contributed by atoms with Gasteiger partial charge in [-0.25, -0.2) is 0 Å². The summed E-state index contributed by atoms with van der Waals surface area (Å²) < 4.78 is 6.74. The van der Waals surface area contributed by atoms with Gasteiger partial charge in [-0.1, -0.05) is 127 Å². The monoisotopic (exact) mass is 667 g/mol. The molecule has 0 saturated heterocycles. The summed E-state index contributed by atoms with van der Waals surface area (Å²) in [5, 5.41) is 0. The topological polar surface area (TPSA) is 12.5 Å². The lowest BCUT2D eigenvalue weighted by atomic mass is 9.58. The Kier molecular flexibility index (Phi) is 7.06. The Hall–Kier alpha value is -4.30. The highest BCUT2D eigenvalue weighted by Gasteiger charge is 2.64. The number of nitrogens with zero attached hydrogens (tertiary/aromatic N) is 1. The first-order valence-electron chi connectivity index (χ1n) is 20.1. The highest BCUT2D eigenvalue weighted by Crippen LogP contribution is 2.72. The molecule has 9 aliphatic carbocycles. The van der Waals surface area contributed by atoms with Gasteiger partial charge in [-0.15, -0.1) is 0 Å². The highest BCUT2D eigenvalue weighted by atomic mass is 16.5. The molecule has 1 aromatic carbocycles. The van der Waals surface area contributed by atoms with E-state index in [1.54, 1.807) is 22.3 Å². The second-order valence-electron chi connectivity index (χ2n) is 16.6. The first-order valence-corrected chi connectivity index (χ1v) is 20.1. The zero-order chi connectivity index (χ0) is 33.5. The van der Waals surface area contributed by atoms with Gasteiger partial charge in [-0.2, -0.15) is 0 Å². The van der Waals surface area contributed by atoms with E-state index in [1.165, 1.54) is 54.7 Å². The first-order chi connectivity index (χ1) is 25.3. The first kappa shape index (κ1) is 30.3. The van der Waals surface area contributed by atoms with Crippen LogP contribution in [-0.2, 0) is 4.74 Å². The molecule has 0 amide bonds. The number of hydrogen-bond donors (Lipinski definition) is 0. The van der Waals surface area contributed by atoms with Crippen LogP contribution in [0.15, 0.2) is 173 Å². The standard InChI is InChI=1S/C49H49NO/c1-2-13-32(14-3-1)33-25-27-34(28-26-33)50(45-22-12-24-47-48(45)40-18-7-11-23-46(40)51-47)35-29-30-39-38-17-6-10-21-43(38)49(44(39)31-35)41-19-8-4-15-36(41)37-16-5-9-20-42(37)49/h1-4,7-8,10,12-16,18-21,24-25,27-30,33,35-36,39,41,44-45,47-48H,5-6,9,11,17,22-23,26,31H2. The molecule has 0 aromatic heterocycles. The van der Waals surface area contributed by atoms with E-state index < -0.39 is 0 Å². The maximum absolute atomic E-state index is 6.74. The zero-order valence-electron chi connectivity index (χ0n) is 29.6. The number of allylic oxidation sites excluding steroid dienone is 19. The van der Waals surface area contributed by atoms with Crippen molar-refractivity contribution in [2.75, 3.05) is 0 Å². The molecule has 1 aliphatic heterocycles. The van der Waals surface area contributed by atoms with E-state index in [4.69, 9.17) is 4.74 Å². The van der Waals surface area contributed by atoms with Crippen LogP contribution in [0.2, 0.25) is 0 Å².